The minimum absolute atomic E-state index is 0.211. The minimum Gasteiger partial charge on any atom is -0.378 e. The predicted molar refractivity (Wildman–Crippen MR) is 66.6 cm³/mol. The molecule has 88 valence electrons. The van der Waals surface area contributed by atoms with Gasteiger partial charge in [-0.15, -0.1) is 0 Å². The Bertz CT molecular complexity index is 535. The standard InChI is InChI=1S/C13H14FN3/c14-11-3-4-12-10(2-1-6-16-12)13(11)17-9-5-7-15-8-9/h1-4,6,9,15,17H,5,7-8H2/t9-/m0/s1. The first-order valence-electron chi connectivity index (χ1n) is 5.85. The van der Waals surface area contributed by atoms with Gasteiger partial charge >= 0.3 is 0 Å². The Labute approximate surface area is 99.1 Å². The van der Waals surface area contributed by atoms with Crippen LogP contribution in [0.25, 0.3) is 10.9 Å². The van der Waals surface area contributed by atoms with Crippen LogP contribution in [-0.4, -0.2) is 24.1 Å². The molecule has 2 aromatic rings. The molecule has 0 radical (unpaired) electrons. The van der Waals surface area contributed by atoms with Gasteiger partial charge in [-0.3, -0.25) is 4.98 Å². The summed E-state index contributed by atoms with van der Waals surface area (Å²) in [6.07, 6.45) is 2.75. The number of aromatic nitrogens is 1. The maximum atomic E-state index is 13.9. The van der Waals surface area contributed by atoms with Crippen LogP contribution in [0.2, 0.25) is 0 Å². The zero-order valence-corrected chi connectivity index (χ0v) is 9.41. The number of anilines is 1. The third-order valence-electron chi connectivity index (χ3n) is 3.14. The molecular weight excluding hydrogens is 217 g/mol. The molecule has 0 spiro atoms. The molecule has 0 amide bonds. The fraction of sp³-hybridized carbons (Fsp3) is 0.308. The first-order chi connectivity index (χ1) is 8.34. The maximum Gasteiger partial charge on any atom is 0.147 e. The summed E-state index contributed by atoms with van der Waals surface area (Å²) in [7, 11) is 0. The lowest BCUT2D eigenvalue weighted by atomic mass is 10.1. The number of rotatable bonds is 2. The molecule has 0 bridgehead atoms. The monoisotopic (exact) mass is 231 g/mol. The van der Waals surface area contributed by atoms with E-state index in [0.29, 0.717) is 11.7 Å². The molecule has 2 heterocycles. The molecule has 2 N–H and O–H groups in total. The number of halogens is 1. The van der Waals surface area contributed by atoms with Crippen molar-refractivity contribution < 1.29 is 4.39 Å². The Morgan fingerprint density at radius 1 is 1.35 bits per heavy atom. The van der Waals surface area contributed by atoms with Gasteiger partial charge in [0.05, 0.1) is 11.2 Å². The second-order valence-electron chi connectivity index (χ2n) is 4.33. The van der Waals surface area contributed by atoms with Gasteiger partial charge in [0, 0.05) is 24.2 Å². The first-order valence-corrected chi connectivity index (χ1v) is 5.85. The Hall–Kier alpha value is -1.68. The zero-order chi connectivity index (χ0) is 11.7. The average molecular weight is 231 g/mol. The summed E-state index contributed by atoms with van der Waals surface area (Å²) < 4.78 is 13.9. The molecule has 1 fully saturated rings. The highest BCUT2D eigenvalue weighted by atomic mass is 19.1. The lowest BCUT2D eigenvalue weighted by molar-refractivity contribution is 0.628. The van der Waals surface area contributed by atoms with Gasteiger partial charge in [-0.1, -0.05) is 0 Å². The van der Waals surface area contributed by atoms with E-state index in [2.05, 4.69) is 15.6 Å². The number of hydrogen-bond donors (Lipinski definition) is 2. The van der Waals surface area contributed by atoms with E-state index in [0.717, 1.165) is 30.4 Å². The molecule has 1 aliphatic rings. The lowest BCUT2D eigenvalue weighted by Crippen LogP contribution is -2.22. The summed E-state index contributed by atoms with van der Waals surface area (Å²) in [6, 6.07) is 7.22. The van der Waals surface area contributed by atoms with Gasteiger partial charge in [-0.05, 0) is 37.2 Å². The molecular formula is C13H14FN3. The predicted octanol–water partition coefficient (Wildman–Crippen LogP) is 2.15. The maximum absolute atomic E-state index is 13.9. The topological polar surface area (TPSA) is 37.0 Å². The van der Waals surface area contributed by atoms with E-state index >= 15 is 0 Å². The number of nitrogens with one attached hydrogen (secondary N) is 2. The van der Waals surface area contributed by atoms with Crippen molar-refractivity contribution in [1.29, 1.82) is 0 Å². The van der Waals surface area contributed by atoms with E-state index in [9.17, 15) is 4.39 Å². The average Bonchev–Trinajstić information content (AvgIpc) is 2.86. The second kappa shape index (κ2) is 4.30. The smallest absolute Gasteiger partial charge is 0.147 e. The first kappa shape index (κ1) is 10.5. The molecule has 4 heteroatoms. The molecule has 3 rings (SSSR count). The van der Waals surface area contributed by atoms with Crippen molar-refractivity contribution in [3.8, 4) is 0 Å². The molecule has 0 saturated carbocycles. The fourth-order valence-corrected chi connectivity index (χ4v) is 2.25. The summed E-state index contributed by atoms with van der Waals surface area (Å²) in [5, 5.41) is 7.38. The third-order valence-corrected chi connectivity index (χ3v) is 3.14. The van der Waals surface area contributed by atoms with Crippen molar-refractivity contribution in [2.75, 3.05) is 18.4 Å². The van der Waals surface area contributed by atoms with Crippen LogP contribution in [0.4, 0.5) is 10.1 Å². The van der Waals surface area contributed by atoms with Crippen LogP contribution >= 0.6 is 0 Å². The molecule has 1 saturated heterocycles. The molecule has 1 aromatic heterocycles. The van der Waals surface area contributed by atoms with Crippen molar-refractivity contribution in [3.05, 3.63) is 36.3 Å². The van der Waals surface area contributed by atoms with Crippen LogP contribution in [0.15, 0.2) is 30.5 Å². The molecule has 1 atom stereocenters. The Morgan fingerprint density at radius 3 is 3.12 bits per heavy atom. The quantitative estimate of drug-likeness (QED) is 0.831. The number of nitrogens with zero attached hydrogens (tertiary/aromatic N) is 1. The van der Waals surface area contributed by atoms with Crippen molar-refractivity contribution in [3.63, 3.8) is 0 Å². The molecule has 1 aromatic carbocycles. The zero-order valence-electron chi connectivity index (χ0n) is 9.41. The SMILES string of the molecule is Fc1ccc2ncccc2c1N[C@H]1CCNC1. The van der Waals surface area contributed by atoms with Gasteiger partial charge < -0.3 is 10.6 Å². The van der Waals surface area contributed by atoms with Crippen molar-refractivity contribution in [2.24, 2.45) is 0 Å². The Morgan fingerprint density at radius 2 is 2.29 bits per heavy atom. The van der Waals surface area contributed by atoms with Crippen LogP contribution in [0.3, 0.4) is 0 Å². The van der Waals surface area contributed by atoms with E-state index in [1.54, 1.807) is 12.3 Å². The van der Waals surface area contributed by atoms with Crippen LogP contribution in [0.5, 0.6) is 0 Å². The third kappa shape index (κ3) is 1.96. The molecule has 1 aliphatic heterocycles. The van der Waals surface area contributed by atoms with Crippen LogP contribution in [-0.2, 0) is 0 Å². The van der Waals surface area contributed by atoms with Gasteiger partial charge in [0.1, 0.15) is 5.82 Å². The van der Waals surface area contributed by atoms with Gasteiger partial charge in [0.2, 0.25) is 0 Å². The number of benzene rings is 1. The fourth-order valence-electron chi connectivity index (χ4n) is 2.25. The highest BCUT2D eigenvalue weighted by Gasteiger charge is 2.17. The summed E-state index contributed by atoms with van der Waals surface area (Å²) in [5.41, 5.74) is 1.40. The van der Waals surface area contributed by atoms with Gasteiger partial charge in [-0.2, -0.15) is 0 Å². The van der Waals surface area contributed by atoms with Gasteiger partial charge in [0.15, 0.2) is 0 Å². The summed E-state index contributed by atoms with van der Waals surface area (Å²) in [5.74, 6) is -0.211. The van der Waals surface area contributed by atoms with Gasteiger partial charge in [0.25, 0.3) is 0 Å². The molecule has 0 unspecified atom stereocenters. The molecule has 17 heavy (non-hydrogen) atoms. The van der Waals surface area contributed by atoms with E-state index in [4.69, 9.17) is 0 Å². The Balaban J connectivity index is 2.03. The lowest BCUT2D eigenvalue weighted by Gasteiger charge is -2.15. The summed E-state index contributed by atoms with van der Waals surface area (Å²) in [4.78, 5) is 4.24. The summed E-state index contributed by atoms with van der Waals surface area (Å²) >= 11 is 0. The van der Waals surface area contributed by atoms with E-state index in [1.807, 2.05) is 12.1 Å². The van der Waals surface area contributed by atoms with E-state index in [1.165, 1.54) is 6.07 Å². The highest BCUT2D eigenvalue weighted by molar-refractivity contribution is 5.91. The number of hydrogen-bond acceptors (Lipinski definition) is 3. The number of fused-ring (bicyclic) bond motifs is 1. The largest absolute Gasteiger partial charge is 0.378 e. The van der Waals surface area contributed by atoms with Crippen LogP contribution in [0.1, 0.15) is 6.42 Å². The summed E-state index contributed by atoms with van der Waals surface area (Å²) in [6.45, 7) is 1.87. The Kier molecular flexibility index (Phi) is 2.65. The normalized spacial score (nSPS) is 19.7. The van der Waals surface area contributed by atoms with Gasteiger partial charge in [-0.25, -0.2) is 4.39 Å². The number of pyridine rings is 1. The van der Waals surface area contributed by atoms with Crippen LogP contribution < -0.4 is 10.6 Å². The van der Waals surface area contributed by atoms with Crippen molar-refractivity contribution in [1.82, 2.24) is 10.3 Å². The van der Waals surface area contributed by atoms with E-state index in [-0.39, 0.29) is 5.82 Å². The minimum atomic E-state index is -0.211. The van der Waals surface area contributed by atoms with Crippen LogP contribution in [0, 0.1) is 5.82 Å². The molecule has 0 aliphatic carbocycles. The van der Waals surface area contributed by atoms with E-state index < -0.39 is 0 Å². The van der Waals surface area contributed by atoms with Crippen molar-refractivity contribution >= 4 is 16.6 Å². The molecule has 3 nitrogen and oxygen atoms in total. The second-order valence-corrected chi connectivity index (χ2v) is 4.33. The highest BCUT2D eigenvalue weighted by Crippen LogP contribution is 2.26. The van der Waals surface area contributed by atoms with Crippen molar-refractivity contribution in [2.45, 2.75) is 12.5 Å².